The molecule has 1 aliphatic heterocycles. The van der Waals surface area contributed by atoms with Crippen LogP contribution in [0.25, 0.3) is 0 Å². The number of benzene rings is 1. The zero-order valence-electron chi connectivity index (χ0n) is 14.4. The Balaban J connectivity index is 0.000000597. The Hall–Kier alpha value is -0.880. The lowest BCUT2D eigenvalue weighted by molar-refractivity contribution is -0.130. The van der Waals surface area contributed by atoms with Crippen molar-refractivity contribution in [3.8, 4) is 5.75 Å². The topological polar surface area (TPSA) is 108 Å². The number of nitrogens with zero attached hydrogens (tertiary/aromatic N) is 1. The molecule has 1 aromatic carbocycles. The molecule has 1 fully saturated rings. The van der Waals surface area contributed by atoms with Gasteiger partial charge in [0.15, 0.2) is 0 Å². The fraction of sp³-hybridized carbons (Fsp3) is 0.438. The number of methoxy groups -OCH3 is 1. The Morgan fingerprint density at radius 1 is 1.58 bits per heavy atom. The normalized spacial score (nSPS) is 15.5. The summed E-state index contributed by atoms with van der Waals surface area (Å²) in [7, 11) is 1.58. The lowest BCUT2D eigenvalue weighted by Gasteiger charge is -2.30. The zero-order valence-corrected chi connectivity index (χ0v) is 18.1. The van der Waals surface area contributed by atoms with Gasteiger partial charge < -0.3 is 25.2 Å². The third-order valence-electron chi connectivity index (χ3n) is 3.70. The molecule has 1 atom stereocenters. The smallest absolute Gasteiger partial charge is 0.241 e. The second kappa shape index (κ2) is 11.8. The number of likely N-dealkylation sites (tertiary alicyclic amines) is 1. The van der Waals surface area contributed by atoms with Gasteiger partial charge in [-0.3, -0.25) is 9.00 Å². The van der Waals surface area contributed by atoms with E-state index >= 15 is 0 Å². The van der Waals surface area contributed by atoms with Gasteiger partial charge in [-0.1, -0.05) is 18.2 Å². The molecular weight excluding hydrogens is 493 g/mol. The van der Waals surface area contributed by atoms with E-state index in [1.165, 1.54) is 0 Å². The van der Waals surface area contributed by atoms with E-state index in [2.05, 4.69) is 34.5 Å². The highest BCUT2D eigenvalue weighted by Gasteiger charge is 2.20. The maximum absolute atomic E-state index is 12.2. The summed E-state index contributed by atoms with van der Waals surface area (Å²) in [6.07, 6.45) is 1.74. The predicted molar refractivity (Wildman–Crippen MR) is 112 cm³/mol. The molecule has 2 rings (SSSR count). The summed E-state index contributed by atoms with van der Waals surface area (Å²) in [6.45, 7) is 4.65. The Morgan fingerprint density at radius 2 is 2.15 bits per heavy atom. The van der Waals surface area contributed by atoms with Crippen molar-refractivity contribution in [1.29, 1.82) is 0 Å². The number of nitrogens with one attached hydrogen (secondary N) is 1. The molecule has 1 aliphatic rings. The molecule has 1 unspecified atom stereocenters. The van der Waals surface area contributed by atoms with Crippen LogP contribution >= 0.6 is 34.2 Å². The van der Waals surface area contributed by atoms with Gasteiger partial charge >= 0.3 is 0 Å². The number of rotatable bonds is 5. The largest absolute Gasteiger partial charge is 0.769 e. The number of halogens is 2. The third kappa shape index (κ3) is 7.78. The van der Waals surface area contributed by atoms with Gasteiger partial charge in [0.1, 0.15) is 5.75 Å². The first kappa shape index (κ1) is 23.2. The molecule has 1 saturated heterocycles. The van der Waals surface area contributed by atoms with Gasteiger partial charge in [0, 0.05) is 28.8 Å². The maximum atomic E-state index is 12.2. The van der Waals surface area contributed by atoms with Crippen LogP contribution in [0.1, 0.15) is 12.8 Å². The fourth-order valence-corrected chi connectivity index (χ4v) is 2.89. The highest BCUT2D eigenvalue weighted by atomic mass is 127. The lowest BCUT2D eigenvalue weighted by Crippen LogP contribution is -2.44. The van der Waals surface area contributed by atoms with Crippen LogP contribution in [0, 0.1) is 3.57 Å². The quantitative estimate of drug-likeness (QED) is 0.461. The number of hydrogen-bond donors (Lipinski definition) is 2. The molecular formula is C16H22ClIN3O4S-. The number of carbonyl (C=O) groups is 1. The second-order valence-electron chi connectivity index (χ2n) is 5.47. The first-order valence-corrected chi connectivity index (χ1v) is 10.4. The Kier molecular flexibility index (Phi) is 10.5. The van der Waals surface area contributed by atoms with E-state index in [0.29, 0.717) is 10.8 Å². The van der Waals surface area contributed by atoms with Crippen LogP contribution in [0.2, 0.25) is 5.02 Å². The van der Waals surface area contributed by atoms with Crippen molar-refractivity contribution in [2.45, 2.75) is 18.9 Å². The second-order valence-corrected chi connectivity index (χ2v) is 7.89. The molecule has 10 heteroatoms. The highest BCUT2D eigenvalue weighted by Crippen LogP contribution is 2.32. The number of nitrogens with two attached hydrogens (primary N) is 1. The van der Waals surface area contributed by atoms with Gasteiger partial charge in [-0.05, 0) is 58.0 Å². The molecule has 7 nitrogen and oxygen atoms in total. The lowest BCUT2D eigenvalue weighted by atomic mass is 10.1. The molecule has 146 valence electrons. The summed E-state index contributed by atoms with van der Waals surface area (Å²) in [5, 5.41) is 4.60. The monoisotopic (exact) mass is 514 g/mol. The van der Waals surface area contributed by atoms with Crippen LogP contribution in [0.4, 0.5) is 5.69 Å². The van der Waals surface area contributed by atoms with Crippen molar-refractivity contribution in [2.75, 3.05) is 32.1 Å². The minimum Gasteiger partial charge on any atom is -0.769 e. The van der Waals surface area contributed by atoms with E-state index in [1.807, 2.05) is 11.0 Å². The van der Waals surface area contributed by atoms with Crippen molar-refractivity contribution in [2.24, 2.45) is 5.73 Å². The van der Waals surface area contributed by atoms with E-state index in [1.54, 1.807) is 13.2 Å². The van der Waals surface area contributed by atoms with Gasteiger partial charge in [-0.2, -0.15) is 0 Å². The van der Waals surface area contributed by atoms with Crippen molar-refractivity contribution < 1.29 is 18.3 Å². The molecule has 0 spiro atoms. The van der Waals surface area contributed by atoms with Crippen LogP contribution in [0.15, 0.2) is 24.1 Å². The van der Waals surface area contributed by atoms with Gasteiger partial charge in [-0.25, -0.2) is 0 Å². The first-order chi connectivity index (χ1) is 12.3. The molecule has 0 aliphatic carbocycles. The molecule has 0 saturated carbocycles. The van der Waals surface area contributed by atoms with E-state index in [-0.39, 0.29) is 18.5 Å². The Labute approximate surface area is 174 Å². The predicted octanol–water partition coefficient (Wildman–Crippen LogP) is 2.32. The Morgan fingerprint density at radius 3 is 2.65 bits per heavy atom. The average Bonchev–Trinajstić information content (AvgIpc) is 2.63. The summed E-state index contributed by atoms with van der Waals surface area (Å²) < 4.78 is 24.7. The van der Waals surface area contributed by atoms with Crippen LogP contribution < -0.4 is 15.8 Å². The Bertz CT molecular complexity index is 655. The van der Waals surface area contributed by atoms with Crippen LogP contribution in [-0.4, -0.2) is 52.4 Å². The highest BCUT2D eigenvalue weighted by molar-refractivity contribution is 14.1. The van der Waals surface area contributed by atoms with E-state index in [0.717, 1.165) is 40.6 Å². The molecule has 0 aromatic heterocycles. The minimum absolute atomic E-state index is 0.0777. The van der Waals surface area contributed by atoms with Gasteiger partial charge in [0.25, 0.3) is 0 Å². The number of hydrogen-bond acceptors (Lipinski definition) is 6. The van der Waals surface area contributed by atoms with Gasteiger partial charge in [0.05, 0.1) is 24.4 Å². The number of carbonyl (C=O) groups excluding carboxylic acids is 1. The summed E-state index contributed by atoms with van der Waals surface area (Å²) in [5.41, 5.74) is 6.62. The van der Waals surface area contributed by atoms with E-state index in [4.69, 9.17) is 22.1 Å². The third-order valence-corrected chi connectivity index (χ3v) is 5.50. The zero-order chi connectivity index (χ0) is 19.7. The molecule has 1 aromatic rings. The number of anilines is 1. The van der Waals surface area contributed by atoms with Crippen molar-refractivity contribution in [3.63, 3.8) is 0 Å². The number of piperidine rings is 1. The number of amides is 1. The standard InChI is InChI=1S/C14H19ClIN3O2.C2H4O2S/c1-21-13-6-10(15)11(16)7-12(13)18-8-14(20)19-4-2-9(17)3-5-19;1-2-5(3)4/h6-7,9,18H,2-5,8,17H2,1H3;2H,1H2,(H,3,4)/p-1. The maximum Gasteiger partial charge on any atom is 0.241 e. The molecule has 1 amide bonds. The molecule has 0 bridgehead atoms. The van der Waals surface area contributed by atoms with Crippen molar-refractivity contribution in [3.05, 3.63) is 32.7 Å². The summed E-state index contributed by atoms with van der Waals surface area (Å²) >= 11 is 6.15. The van der Waals surface area contributed by atoms with Gasteiger partial charge in [0.2, 0.25) is 5.91 Å². The first-order valence-electron chi connectivity index (χ1n) is 7.79. The molecule has 1 heterocycles. The van der Waals surface area contributed by atoms with Crippen LogP contribution in [0.5, 0.6) is 5.75 Å². The van der Waals surface area contributed by atoms with E-state index < -0.39 is 11.1 Å². The summed E-state index contributed by atoms with van der Waals surface area (Å²) in [4.78, 5) is 14.0. The number of ether oxygens (including phenoxy) is 1. The summed E-state index contributed by atoms with van der Waals surface area (Å²) in [5.74, 6) is 0.711. The van der Waals surface area contributed by atoms with Crippen molar-refractivity contribution in [1.82, 2.24) is 4.90 Å². The summed E-state index contributed by atoms with van der Waals surface area (Å²) in [6, 6.07) is 3.84. The van der Waals surface area contributed by atoms with Gasteiger partial charge in [-0.15, -0.1) is 0 Å². The SMILES string of the molecule is C=CS(=O)[O-].COc1cc(Cl)c(I)cc1NCC(=O)N1CCC(N)CC1. The van der Waals surface area contributed by atoms with E-state index in [9.17, 15) is 13.6 Å². The minimum atomic E-state index is -2.06. The molecule has 3 N–H and O–H groups in total. The fourth-order valence-electron chi connectivity index (χ4n) is 2.27. The van der Waals surface area contributed by atoms with Crippen molar-refractivity contribution >= 4 is 56.9 Å². The van der Waals surface area contributed by atoms with Crippen LogP contribution in [0.3, 0.4) is 0 Å². The molecule has 0 radical (unpaired) electrons. The van der Waals surface area contributed by atoms with Crippen LogP contribution in [-0.2, 0) is 15.9 Å². The average molecular weight is 515 g/mol. The molecule has 26 heavy (non-hydrogen) atoms.